The van der Waals surface area contributed by atoms with Crippen molar-refractivity contribution in [2.45, 2.75) is 32.2 Å². The maximum atomic E-state index is 12.6. The van der Waals surface area contributed by atoms with Crippen LogP contribution in [0.1, 0.15) is 46.1 Å². The van der Waals surface area contributed by atoms with Gasteiger partial charge in [-0.15, -0.1) is 0 Å². The van der Waals surface area contributed by atoms with Crippen molar-refractivity contribution in [1.82, 2.24) is 19.7 Å². The third kappa shape index (κ3) is 3.76. The number of H-pyrrole nitrogens is 1. The molecular weight excluding hydrogens is 352 g/mol. The van der Waals surface area contributed by atoms with Crippen molar-refractivity contribution in [3.63, 3.8) is 0 Å². The number of carbonyl (C=O) groups excluding carboxylic acids is 1. The third-order valence-electron chi connectivity index (χ3n) is 5.42. The van der Waals surface area contributed by atoms with E-state index < -0.39 is 0 Å². The van der Waals surface area contributed by atoms with Crippen molar-refractivity contribution < 1.29 is 4.79 Å². The number of piperidine rings is 1. The number of aromatic amines is 1. The van der Waals surface area contributed by atoms with Crippen LogP contribution in [0.5, 0.6) is 0 Å². The van der Waals surface area contributed by atoms with Crippen molar-refractivity contribution in [1.29, 1.82) is 0 Å². The van der Waals surface area contributed by atoms with Crippen LogP contribution in [0.15, 0.2) is 59.4 Å². The fourth-order valence-corrected chi connectivity index (χ4v) is 3.77. The Kier molecular flexibility index (Phi) is 5.10. The van der Waals surface area contributed by atoms with Gasteiger partial charge in [0.25, 0.3) is 5.91 Å². The van der Waals surface area contributed by atoms with Crippen LogP contribution in [0.3, 0.4) is 0 Å². The molecule has 0 radical (unpaired) electrons. The van der Waals surface area contributed by atoms with E-state index in [0.29, 0.717) is 19.6 Å². The van der Waals surface area contributed by atoms with Gasteiger partial charge in [0.05, 0.1) is 6.54 Å². The highest BCUT2D eigenvalue weighted by atomic mass is 16.2. The summed E-state index contributed by atoms with van der Waals surface area (Å²) in [6, 6.07) is 17.6. The van der Waals surface area contributed by atoms with Gasteiger partial charge in [-0.3, -0.25) is 9.36 Å². The SMILES string of the molecule is Cc1ccc(Cn2c(C3CCN(C(=O)c4ccccc4)CC3)n[nH]c2=O)cc1. The van der Waals surface area contributed by atoms with E-state index in [0.717, 1.165) is 29.8 Å². The summed E-state index contributed by atoms with van der Waals surface area (Å²) in [7, 11) is 0. The molecule has 1 N–H and O–H groups in total. The normalized spacial score (nSPS) is 15.0. The zero-order valence-corrected chi connectivity index (χ0v) is 16.0. The molecule has 6 heteroatoms. The van der Waals surface area contributed by atoms with E-state index in [9.17, 15) is 9.59 Å². The third-order valence-corrected chi connectivity index (χ3v) is 5.42. The standard InChI is InChI=1S/C22H24N4O2/c1-16-7-9-17(10-8-16)15-26-20(23-24-22(26)28)18-11-13-25(14-12-18)21(27)19-5-3-2-4-6-19/h2-10,18H,11-15H2,1H3,(H,24,28). The second-order valence-electron chi connectivity index (χ2n) is 7.39. The van der Waals surface area contributed by atoms with Crippen molar-refractivity contribution >= 4 is 5.91 Å². The van der Waals surface area contributed by atoms with Gasteiger partial charge in [-0.25, -0.2) is 9.89 Å². The van der Waals surface area contributed by atoms with E-state index in [1.165, 1.54) is 5.56 Å². The van der Waals surface area contributed by atoms with E-state index in [2.05, 4.69) is 10.2 Å². The van der Waals surface area contributed by atoms with Gasteiger partial charge in [-0.2, -0.15) is 5.10 Å². The van der Waals surface area contributed by atoms with Gasteiger partial charge in [-0.1, -0.05) is 48.0 Å². The Morgan fingerprint density at radius 3 is 2.43 bits per heavy atom. The van der Waals surface area contributed by atoms with Gasteiger partial charge in [-0.05, 0) is 37.5 Å². The summed E-state index contributed by atoms with van der Waals surface area (Å²) in [4.78, 5) is 26.8. The molecule has 0 aliphatic carbocycles. The summed E-state index contributed by atoms with van der Waals surface area (Å²) in [6.45, 7) is 3.89. The van der Waals surface area contributed by atoms with Crippen LogP contribution in [0.25, 0.3) is 0 Å². The van der Waals surface area contributed by atoms with Crippen molar-refractivity contribution in [2.75, 3.05) is 13.1 Å². The smallest absolute Gasteiger partial charge is 0.339 e. The van der Waals surface area contributed by atoms with Crippen LogP contribution in [0.2, 0.25) is 0 Å². The predicted molar refractivity (Wildman–Crippen MR) is 107 cm³/mol. The summed E-state index contributed by atoms with van der Waals surface area (Å²) >= 11 is 0. The molecule has 0 saturated carbocycles. The Labute approximate surface area is 163 Å². The lowest BCUT2D eigenvalue weighted by Crippen LogP contribution is -2.38. The Morgan fingerprint density at radius 2 is 1.75 bits per heavy atom. The highest BCUT2D eigenvalue weighted by molar-refractivity contribution is 5.94. The molecule has 0 atom stereocenters. The summed E-state index contributed by atoms with van der Waals surface area (Å²) in [5.74, 6) is 1.03. The van der Waals surface area contributed by atoms with Gasteiger partial charge in [0, 0.05) is 24.6 Å². The largest absolute Gasteiger partial charge is 0.343 e. The molecule has 4 rings (SSSR count). The number of hydrogen-bond donors (Lipinski definition) is 1. The Balaban J connectivity index is 1.46. The number of amides is 1. The number of hydrogen-bond acceptors (Lipinski definition) is 3. The first kappa shape index (κ1) is 18.2. The number of aromatic nitrogens is 3. The van der Waals surface area contributed by atoms with E-state index in [-0.39, 0.29) is 17.5 Å². The van der Waals surface area contributed by atoms with Crippen molar-refractivity contribution in [3.05, 3.63) is 87.6 Å². The number of benzene rings is 2. The van der Waals surface area contributed by atoms with Crippen LogP contribution in [-0.4, -0.2) is 38.7 Å². The van der Waals surface area contributed by atoms with E-state index in [4.69, 9.17) is 0 Å². The molecule has 1 aliphatic rings. The minimum absolute atomic E-state index is 0.0677. The summed E-state index contributed by atoms with van der Waals surface area (Å²) in [6.07, 6.45) is 1.60. The number of rotatable bonds is 4. The zero-order chi connectivity index (χ0) is 19.5. The second kappa shape index (κ2) is 7.84. The topological polar surface area (TPSA) is 71.0 Å². The number of carbonyl (C=O) groups is 1. The first-order valence-corrected chi connectivity index (χ1v) is 9.67. The Bertz CT molecular complexity index is 997. The fourth-order valence-electron chi connectivity index (χ4n) is 3.77. The molecule has 1 aliphatic heterocycles. The minimum Gasteiger partial charge on any atom is -0.339 e. The van der Waals surface area contributed by atoms with Crippen LogP contribution in [0, 0.1) is 6.92 Å². The minimum atomic E-state index is -0.182. The lowest BCUT2D eigenvalue weighted by atomic mass is 9.95. The molecule has 144 valence electrons. The molecule has 1 fully saturated rings. The number of likely N-dealkylation sites (tertiary alicyclic amines) is 1. The molecular formula is C22H24N4O2. The van der Waals surface area contributed by atoms with Crippen molar-refractivity contribution in [2.24, 2.45) is 0 Å². The molecule has 1 aromatic heterocycles. The maximum Gasteiger partial charge on any atom is 0.343 e. The lowest BCUT2D eigenvalue weighted by Gasteiger charge is -2.31. The van der Waals surface area contributed by atoms with Gasteiger partial charge >= 0.3 is 5.69 Å². The van der Waals surface area contributed by atoms with Gasteiger partial charge < -0.3 is 4.90 Å². The summed E-state index contributed by atoms with van der Waals surface area (Å²) < 4.78 is 1.73. The maximum absolute atomic E-state index is 12.6. The van der Waals surface area contributed by atoms with E-state index in [1.54, 1.807) is 4.57 Å². The van der Waals surface area contributed by atoms with Gasteiger partial charge in [0.2, 0.25) is 0 Å². The van der Waals surface area contributed by atoms with Crippen LogP contribution in [0.4, 0.5) is 0 Å². The predicted octanol–water partition coefficient (Wildman–Crippen LogP) is 2.95. The summed E-state index contributed by atoms with van der Waals surface area (Å²) in [5.41, 5.74) is 2.81. The van der Waals surface area contributed by atoms with Crippen molar-refractivity contribution in [3.8, 4) is 0 Å². The molecule has 3 aromatic rings. The molecule has 2 aromatic carbocycles. The first-order chi connectivity index (χ1) is 13.6. The molecule has 1 amide bonds. The average Bonchev–Trinajstić information content (AvgIpc) is 3.10. The highest BCUT2D eigenvalue weighted by Gasteiger charge is 2.28. The molecule has 0 spiro atoms. The van der Waals surface area contributed by atoms with E-state index in [1.807, 2.05) is 66.4 Å². The van der Waals surface area contributed by atoms with E-state index >= 15 is 0 Å². The average molecular weight is 376 g/mol. The fraction of sp³-hybridized carbons (Fsp3) is 0.318. The Morgan fingerprint density at radius 1 is 1.07 bits per heavy atom. The van der Waals surface area contributed by atoms with Crippen LogP contribution < -0.4 is 5.69 Å². The quantitative estimate of drug-likeness (QED) is 0.761. The monoisotopic (exact) mass is 376 g/mol. The molecule has 0 unspecified atom stereocenters. The van der Waals surface area contributed by atoms with Crippen LogP contribution in [-0.2, 0) is 6.54 Å². The molecule has 2 heterocycles. The Hall–Kier alpha value is -3.15. The zero-order valence-electron chi connectivity index (χ0n) is 16.0. The molecule has 0 bridgehead atoms. The van der Waals surface area contributed by atoms with Gasteiger partial charge in [0.1, 0.15) is 5.82 Å². The molecule has 6 nitrogen and oxygen atoms in total. The number of nitrogens with zero attached hydrogens (tertiary/aromatic N) is 3. The number of nitrogens with one attached hydrogen (secondary N) is 1. The van der Waals surface area contributed by atoms with Gasteiger partial charge in [0.15, 0.2) is 0 Å². The second-order valence-corrected chi connectivity index (χ2v) is 7.39. The highest BCUT2D eigenvalue weighted by Crippen LogP contribution is 2.27. The molecule has 1 saturated heterocycles. The first-order valence-electron chi connectivity index (χ1n) is 9.67. The van der Waals surface area contributed by atoms with Crippen LogP contribution >= 0.6 is 0 Å². The summed E-state index contributed by atoms with van der Waals surface area (Å²) in [5, 5.41) is 6.91. The number of aryl methyl sites for hydroxylation is 1. The molecule has 28 heavy (non-hydrogen) atoms. The lowest BCUT2D eigenvalue weighted by molar-refractivity contribution is 0.0710.